The topological polar surface area (TPSA) is 75.2 Å². The van der Waals surface area contributed by atoms with E-state index < -0.39 is 0 Å². The van der Waals surface area contributed by atoms with Crippen LogP contribution in [0.3, 0.4) is 0 Å². The van der Waals surface area contributed by atoms with Gasteiger partial charge in [-0.2, -0.15) is 0 Å². The Balaban J connectivity index is 1.36. The van der Waals surface area contributed by atoms with Gasteiger partial charge in [-0.25, -0.2) is 9.97 Å². The summed E-state index contributed by atoms with van der Waals surface area (Å²) in [4.78, 5) is 36.9. The number of likely N-dealkylation sites (tertiary alicyclic amines) is 1. The lowest BCUT2D eigenvalue weighted by molar-refractivity contribution is -0.129. The van der Waals surface area contributed by atoms with E-state index in [1.54, 1.807) is 0 Å². The Bertz CT molecular complexity index is 990. The SMILES string of the molecule is Cc1cccc(CC(=O)N2CC[C@H](c3nc(C)c(CC(=O)NC4CCCCC4)c(C)n3)C2)c1. The van der Waals surface area contributed by atoms with Gasteiger partial charge in [-0.3, -0.25) is 9.59 Å². The molecule has 1 aromatic heterocycles. The molecule has 0 radical (unpaired) electrons. The molecule has 2 aliphatic rings. The van der Waals surface area contributed by atoms with Gasteiger partial charge in [0.05, 0.1) is 12.8 Å². The number of aromatic nitrogens is 2. The molecule has 1 aromatic carbocycles. The third kappa shape index (κ3) is 5.98. The first-order chi connectivity index (χ1) is 15.9. The van der Waals surface area contributed by atoms with E-state index in [1.165, 1.54) is 24.8 Å². The molecule has 1 saturated heterocycles. The Morgan fingerprint density at radius 2 is 1.73 bits per heavy atom. The quantitative estimate of drug-likeness (QED) is 0.726. The molecular formula is C27H36N4O2. The molecule has 1 saturated carbocycles. The van der Waals surface area contributed by atoms with Crippen molar-refractivity contribution in [1.82, 2.24) is 20.2 Å². The summed E-state index contributed by atoms with van der Waals surface area (Å²) < 4.78 is 0. The van der Waals surface area contributed by atoms with Crippen molar-refractivity contribution in [2.45, 2.75) is 84.1 Å². The van der Waals surface area contributed by atoms with Crippen molar-refractivity contribution in [2.75, 3.05) is 13.1 Å². The van der Waals surface area contributed by atoms with Crippen molar-refractivity contribution in [3.8, 4) is 0 Å². The fourth-order valence-corrected chi connectivity index (χ4v) is 5.20. The van der Waals surface area contributed by atoms with Crippen molar-refractivity contribution in [2.24, 2.45) is 0 Å². The first kappa shape index (κ1) is 23.4. The highest BCUT2D eigenvalue weighted by Crippen LogP contribution is 2.27. The Hall–Kier alpha value is -2.76. The molecule has 1 aliphatic carbocycles. The number of carbonyl (C=O) groups excluding carboxylic acids is 2. The van der Waals surface area contributed by atoms with Crippen LogP contribution in [0.1, 0.15) is 78.3 Å². The number of nitrogens with one attached hydrogen (secondary N) is 1. The highest BCUT2D eigenvalue weighted by Gasteiger charge is 2.30. The van der Waals surface area contributed by atoms with E-state index in [1.807, 2.05) is 43.9 Å². The molecule has 1 N–H and O–H groups in total. The van der Waals surface area contributed by atoms with Crippen molar-refractivity contribution >= 4 is 11.8 Å². The summed E-state index contributed by atoms with van der Waals surface area (Å²) in [7, 11) is 0. The number of amides is 2. The lowest BCUT2D eigenvalue weighted by Gasteiger charge is -2.23. The molecule has 1 atom stereocenters. The highest BCUT2D eigenvalue weighted by atomic mass is 16.2. The molecule has 6 heteroatoms. The molecule has 0 bridgehead atoms. The normalized spacial score (nSPS) is 19.0. The molecule has 0 spiro atoms. The highest BCUT2D eigenvalue weighted by molar-refractivity contribution is 5.80. The van der Waals surface area contributed by atoms with Gasteiger partial charge in [0.25, 0.3) is 0 Å². The van der Waals surface area contributed by atoms with Crippen LogP contribution >= 0.6 is 0 Å². The second-order valence-corrected chi connectivity index (χ2v) is 9.80. The largest absolute Gasteiger partial charge is 0.353 e. The fourth-order valence-electron chi connectivity index (χ4n) is 5.20. The van der Waals surface area contributed by atoms with Gasteiger partial charge < -0.3 is 10.2 Å². The predicted molar refractivity (Wildman–Crippen MR) is 129 cm³/mol. The van der Waals surface area contributed by atoms with Crippen molar-refractivity contribution in [1.29, 1.82) is 0 Å². The summed E-state index contributed by atoms with van der Waals surface area (Å²) in [5.41, 5.74) is 4.91. The van der Waals surface area contributed by atoms with E-state index in [2.05, 4.69) is 11.4 Å². The number of hydrogen-bond acceptors (Lipinski definition) is 4. The minimum absolute atomic E-state index is 0.0678. The van der Waals surface area contributed by atoms with Crippen LogP contribution in [-0.2, 0) is 22.4 Å². The van der Waals surface area contributed by atoms with Crippen molar-refractivity contribution in [3.05, 3.63) is 58.2 Å². The van der Waals surface area contributed by atoms with Gasteiger partial charge in [0.1, 0.15) is 5.82 Å². The van der Waals surface area contributed by atoms with Crippen molar-refractivity contribution < 1.29 is 9.59 Å². The molecule has 2 aromatic rings. The Morgan fingerprint density at radius 1 is 1.00 bits per heavy atom. The van der Waals surface area contributed by atoms with Gasteiger partial charge in [0.15, 0.2) is 0 Å². The lowest BCUT2D eigenvalue weighted by atomic mass is 9.95. The third-order valence-corrected chi connectivity index (χ3v) is 7.09. The minimum Gasteiger partial charge on any atom is -0.353 e. The van der Waals surface area contributed by atoms with E-state index in [0.29, 0.717) is 25.4 Å². The van der Waals surface area contributed by atoms with E-state index in [4.69, 9.17) is 9.97 Å². The van der Waals surface area contributed by atoms with Gasteiger partial charge in [0.2, 0.25) is 11.8 Å². The monoisotopic (exact) mass is 448 g/mol. The number of benzene rings is 1. The van der Waals surface area contributed by atoms with Crippen LogP contribution in [0.15, 0.2) is 24.3 Å². The molecule has 2 amide bonds. The van der Waals surface area contributed by atoms with Gasteiger partial charge >= 0.3 is 0 Å². The van der Waals surface area contributed by atoms with Gasteiger partial charge in [-0.05, 0) is 45.6 Å². The Kier molecular flexibility index (Phi) is 7.41. The second-order valence-electron chi connectivity index (χ2n) is 9.80. The van der Waals surface area contributed by atoms with Crippen LogP contribution in [0, 0.1) is 20.8 Å². The predicted octanol–water partition coefficient (Wildman–Crippen LogP) is 3.95. The van der Waals surface area contributed by atoms with Gasteiger partial charge in [0, 0.05) is 42.0 Å². The van der Waals surface area contributed by atoms with E-state index >= 15 is 0 Å². The maximum Gasteiger partial charge on any atom is 0.227 e. The molecule has 2 fully saturated rings. The van der Waals surface area contributed by atoms with Crippen molar-refractivity contribution in [3.63, 3.8) is 0 Å². The van der Waals surface area contributed by atoms with Crippen LogP contribution < -0.4 is 5.32 Å². The molecule has 176 valence electrons. The summed E-state index contributed by atoms with van der Waals surface area (Å²) >= 11 is 0. The first-order valence-electron chi connectivity index (χ1n) is 12.4. The number of hydrogen-bond donors (Lipinski definition) is 1. The third-order valence-electron chi connectivity index (χ3n) is 7.09. The van der Waals surface area contributed by atoms with Crippen LogP contribution in [0.5, 0.6) is 0 Å². The average Bonchev–Trinajstić information content (AvgIpc) is 3.27. The number of rotatable bonds is 6. The Labute approximate surface area is 197 Å². The summed E-state index contributed by atoms with van der Waals surface area (Å²) in [6.07, 6.45) is 7.48. The van der Waals surface area contributed by atoms with Crippen LogP contribution in [0.2, 0.25) is 0 Å². The standard InChI is InChI=1S/C27H36N4O2/c1-18-8-7-9-21(14-18)15-26(33)31-13-12-22(17-31)27-28-19(2)24(20(3)29-27)16-25(32)30-23-10-5-4-6-11-23/h7-9,14,22-23H,4-6,10-13,15-17H2,1-3H3,(H,30,32)/t22-/m0/s1. The fraction of sp³-hybridized carbons (Fsp3) is 0.556. The number of carbonyl (C=O) groups is 2. The molecule has 2 heterocycles. The zero-order chi connectivity index (χ0) is 23.4. The summed E-state index contributed by atoms with van der Waals surface area (Å²) in [5.74, 6) is 1.17. The summed E-state index contributed by atoms with van der Waals surface area (Å²) in [5, 5.41) is 3.19. The van der Waals surface area contributed by atoms with Crippen LogP contribution in [-0.4, -0.2) is 45.8 Å². The maximum atomic E-state index is 12.8. The van der Waals surface area contributed by atoms with Crippen LogP contribution in [0.4, 0.5) is 0 Å². The second kappa shape index (κ2) is 10.4. The lowest BCUT2D eigenvalue weighted by Crippen LogP contribution is -2.37. The molecular weight excluding hydrogens is 412 g/mol. The number of nitrogens with zero attached hydrogens (tertiary/aromatic N) is 3. The molecule has 4 rings (SSSR count). The van der Waals surface area contributed by atoms with E-state index in [0.717, 1.165) is 54.1 Å². The number of aryl methyl sites for hydroxylation is 3. The molecule has 0 unspecified atom stereocenters. The van der Waals surface area contributed by atoms with Gasteiger partial charge in [-0.15, -0.1) is 0 Å². The molecule has 33 heavy (non-hydrogen) atoms. The van der Waals surface area contributed by atoms with E-state index in [9.17, 15) is 9.59 Å². The summed E-state index contributed by atoms with van der Waals surface area (Å²) in [6, 6.07) is 8.45. The zero-order valence-electron chi connectivity index (χ0n) is 20.2. The average molecular weight is 449 g/mol. The van der Waals surface area contributed by atoms with Gasteiger partial charge in [-0.1, -0.05) is 49.1 Å². The smallest absolute Gasteiger partial charge is 0.227 e. The zero-order valence-corrected chi connectivity index (χ0v) is 20.2. The maximum absolute atomic E-state index is 12.8. The molecule has 6 nitrogen and oxygen atoms in total. The first-order valence-corrected chi connectivity index (χ1v) is 12.4. The van der Waals surface area contributed by atoms with E-state index in [-0.39, 0.29) is 17.7 Å². The Morgan fingerprint density at radius 3 is 2.42 bits per heavy atom. The van der Waals surface area contributed by atoms with Crippen LogP contribution in [0.25, 0.3) is 0 Å². The molecule has 1 aliphatic heterocycles. The summed E-state index contributed by atoms with van der Waals surface area (Å²) in [6.45, 7) is 7.38. The minimum atomic E-state index is 0.0678.